The van der Waals surface area contributed by atoms with E-state index in [-0.39, 0.29) is 0 Å². The van der Waals surface area contributed by atoms with Crippen LogP contribution in [0.4, 0.5) is 0 Å². The molecule has 0 amide bonds. The van der Waals surface area contributed by atoms with Gasteiger partial charge in [0.25, 0.3) is 0 Å². The van der Waals surface area contributed by atoms with Gasteiger partial charge in [0.2, 0.25) is 0 Å². The van der Waals surface area contributed by atoms with Crippen molar-refractivity contribution in [2.75, 3.05) is 0 Å². The quantitative estimate of drug-likeness (QED) is 0.686. The Bertz CT molecular complexity index is 666. The Morgan fingerprint density at radius 3 is 2.82 bits per heavy atom. The minimum absolute atomic E-state index is 0.772. The van der Waals surface area contributed by atoms with Crippen molar-refractivity contribution >= 4 is 26.8 Å². The molecule has 1 aromatic carbocycles. The van der Waals surface area contributed by atoms with Crippen LogP contribution >= 0.6 is 15.9 Å². The van der Waals surface area contributed by atoms with E-state index in [2.05, 4.69) is 51.0 Å². The fourth-order valence-corrected chi connectivity index (χ4v) is 2.55. The van der Waals surface area contributed by atoms with Crippen LogP contribution in [0.2, 0.25) is 0 Å². The zero-order valence-electron chi connectivity index (χ0n) is 9.48. The second-order valence-electron chi connectivity index (χ2n) is 4.13. The predicted molar refractivity (Wildman–Crippen MR) is 72.2 cm³/mol. The number of aryl methyl sites for hydroxylation is 1. The maximum Gasteiger partial charge on any atom is 0.123 e. The fraction of sp³-hybridized carbons (Fsp3) is 0.143. The molecule has 0 unspecified atom stereocenters. The lowest BCUT2D eigenvalue weighted by molar-refractivity contribution is 0.473. The lowest BCUT2D eigenvalue weighted by atomic mass is 10.2. The van der Waals surface area contributed by atoms with Crippen LogP contribution in [0.5, 0.6) is 0 Å². The highest BCUT2D eigenvalue weighted by Crippen LogP contribution is 2.25. The first-order valence-corrected chi connectivity index (χ1v) is 6.32. The lowest BCUT2D eigenvalue weighted by Gasteiger charge is -2.03. The normalized spacial score (nSPS) is 11.2. The van der Waals surface area contributed by atoms with Crippen LogP contribution in [0.3, 0.4) is 0 Å². The monoisotopic (exact) mass is 289 g/mol. The van der Waals surface area contributed by atoms with Gasteiger partial charge in [0.15, 0.2) is 0 Å². The van der Waals surface area contributed by atoms with Crippen LogP contribution in [-0.4, -0.2) is 4.57 Å². The topological polar surface area (TPSA) is 18.1 Å². The summed E-state index contributed by atoms with van der Waals surface area (Å²) in [7, 11) is 0. The summed E-state index contributed by atoms with van der Waals surface area (Å²) in [6.45, 7) is 2.74. The summed E-state index contributed by atoms with van der Waals surface area (Å²) >= 11 is 3.56. The molecule has 0 aliphatic heterocycles. The standard InChI is InChI=1S/C14H12BrNO/c1-10-5-6-11(17-10)9-16-8-7-12-13(15)3-2-4-14(12)16/h2-8H,9H2,1H3. The number of halogens is 1. The molecular weight excluding hydrogens is 278 g/mol. The van der Waals surface area contributed by atoms with E-state index in [0.29, 0.717) is 0 Å². The summed E-state index contributed by atoms with van der Waals surface area (Å²) in [6.07, 6.45) is 2.09. The van der Waals surface area contributed by atoms with Gasteiger partial charge in [-0.25, -0.2) is 0 Å². The molecule has 17 heavy (non-hydrogen) atoms. The largest absolute Gasteiger partial charge is 0.464 e. The van der Waals surface area contributed by atoms with E-state index < -0.39 is 0 Å². The molecule has 0 fully saturated rings. The molecule has 2 aromatic heterocycles. The van der Waals surface area contributed by atoms with E-state index in [1.54, 1.807) is 0 Å². The Morgan fingerprint density at radius 2 is 2.06 bits per heavy atom. The average molecular weight is 290 g/mol. The zero-order valence-corrected chi connectivity index (χ0v) is 11.1. The summed E-state index contributed by atoms with van der Waals surface area (Å²) in [5, 5.41) is 1.23. The molecule has 0 saturated heterocycles. The molecule has 3 rings (SSSR count). The van der Waals surface area contributed by atoms with Crippen molar-refractivity contribution in [3.05, 3.63) is 58.6 Å². The maximum atomic E-state index is 5.60. The predicted octanol–water partition coefficient (Wildman–Crippen LogP) is 4.35. The Morgan fingerprint density at radius 1 is 1.18 bits per heavy atom. The van der Waals surface area contributed by atoms with Crippen LogP contribution in [0.25, 0.3) is 10.9 Å². The number of aromatic nitrogens is 1. The number of nitrogens with zero attached hydrogens (tertiary/aromatic N) is 1. The van der Waals surface area contributed by atoms with Crippen LogP contribution in [0.1, 0.15) is 11.5 Å². The van der Waals surface area contributed by atoms with E-state index >= 15 is 0 Å². The summed E-state index contributed by atoms with van der Waals surface area (Å²) in [4.78, 5) is 0. The van der Waals surface area contributed by atoms with Crippen molar-refractivity contribution in [2.45, 2.75) is 13.5 Å². The van der Waals surface area contributed by atoms with Gasteiger partial charge >= 0.3 is 0 Å². The average Bonchev–Trinajstić information content (AvgIpc) is 2.88. The Balaban J connectivity index is 2.04. The van der Waals surface area contributed by atoms with E-state index in [1.165, 1.54) is 10.9 Å². The summed E-state index contributed by atoms with van der Waals surface area (Å²) < 4.78 is 8.93. The maximum absolute atomic E-state index is 5.60. The van der Waals surface area contributed by atoms with Gasteiger partial charge < -0.3 is 8.98 Å². The van der Waals surface area contributed by atoms with Gasteiger partial charge in [-0.2, -0.15) is 0 Å². The van der Waals surface area contributed by atoms with Gasteiger partial charge in [-0.05, 0) is 37.3 Å². The van der Waals surface area contributed by atoms with Crippen molar-refractivity contribution in [2.24, 2.45) is 0 Å². The Hall–Kier alpha value is -1.48. The number of benzene rings is 1. The van der Waals surface area contributed by atoms with Gasteiger partial charge in [-0.15, -0.1) is 0 Å². The molecule has 2 nitrogen and oxygen atoms in total. The summed E-state index contributed by atoms with van der Waals surface area (Å²) in [5.74, 6) is 1.94. The van der Waals surface area contributed by atoms with E-state index in [0.717, 1.165) is 22.5 Å². The number of fused-ring (bicyclic) bond motifs is 1. The molecule has 0 saturated carbocycles. The Labute approximate surface area is 108 Å². The van der Waals surface area contributed by atoms with Gasteiger partial charge in [0.1, 0.15) is 11.5 Å². The lowest BCUT2D eigenvalue weighted by Crippen LogP contribution is -1.95. The van der Waals surface area contributed by atoms with Gasteiger partial charge in [-0.3, -0.25) is 0 Å². The first-order chi connectivity index (χ1) is 8.24. The molecular formula is C14H12BrNO. The highest BCUT2D eigenvalue weighted by atomic mass is 79.9. The second-order valence-corrected chi connectivity index (χ2v) is 4.98. The third-order valence-corrected chi connectivity index (χ3v) is 3.57. The van der Waals surface area contributed by atoms with Crippen molar-refractivity contribution < 1.29 is 4.42 Å². The molecule has 3 aromatic rings. The SMILES string of the molecule is Cc1ccc(Cn2ccc3c(Br)cccc32)o1. The summed E-state index contributed by atoms with van der Waals surface area (Å²) in [6, 6.07) is 12.4. The third-order valence-electron chi connectivity index (χ3n) is 2.88. The van der Waals surface area contributed by atoms with Crippen LogP contribution in [-0.2, 0) is 6.54 Å². The van der Waals surface area contributed by atoms with Crippen molar-refractivity contribution in [1.29, 1.82) is 0 Å². The third kappa shape index (κ3) is 1.91. The van der Waals surface area contributed by atoms with E-state index in [4.69, 9.17) is 4.42 Å². The molecule has 0 spiro atoms. The first kappa shape index (κ1) is 10.7. The number of hydrogen-bond acceptors (Lipinski definition) is 1. The molecule has 3 heteroatoms. The first-order valence-electron chi connectivity index (χ1n) is 5.53. The van der Waals surface area contributed by atoms with Gasteiger partial charge in [-0.1, -0.05) is 22.0 Å². The smallest absolute Gasteiger partial charge is 0.123 e. The number of rotatable bonds is 2. The van der Waals surface area contributed by atoms with Gasteiger partial charge in [0, 0.05) is 21.6 Å². The Kier molecular flexibility index (Phi) is 2.56. The molecule has 0 atom stereocenters. The second kappa shape index (κ2) is 4.08. The molecule has 2 heterocycles. The van der Waals surface area contributed by atoms with Crippen molar-refractivity contribution in [3.8, 4) is 0 Å². The highest BCUT2D eigenvalue weighted by Gasteiger charge is 2.05. The minimum atomic E-state index is 0.772. The molecule has 0 radical (unpaired) electrons. The fourth-order valence-electron chi connectivity index (χ4n) is 2.06. The van der Waals surface area contributed by atoms with Crippen molar-refractivity contribution in [1.82, 2.24) is 4.57 Å². The zero-order chi connectivity index (χ0) is 11.8. The van der Waals surface area contributed by atoms with E-state index in [9.17, 15) is 0 Å². The molecule has 86 valence electrons. The molecule has 0 N–H and O–H groups in total. The highest BCUT2D eigenvalue weighted by molar-refractivity contribution is 9.10. The molecule has 0 bridgehead atoms. The number of hydrogen-bond donors (Lipinski definition) is 0. The molecule has 0 aliphatic carbocycles. The number of furan rings is 1. The van der Waals surface area contributed by atoms with Crippen LogP contribution < -0.4 is 0 Å². The summed E-state index contributed by atoms with van der Waals surface area (Å²) in [5.41, 5.74) is 1.22. The van der Waals surface area contributed by atoms with Crippen LogP contribution in [0, 0.1) is 6.92 Å². The van der Waals surface area contributed by atoms with Crippen molar-refractivity contribution in [3.63, 3.8) is 0 Å². The van der Waals surface area contributed by atoms with E-state index in [1.807, 2.05) is 19.1 Å². The van der Waals surface area contributed by atoms with Crippen LogP contribution in [0.15, 0.2) is 51.5 Å². The van der Waals surface area contributed by atoms with Gasteiger partial charge in [0.05, 0.1) is 6.54 Å². The minimum Gasteiger partial charge on any atom is -0.464 e. The molecule has 0 aliphatic rings.